The maximum atomic E-state index is 9.86. The molecule has 2 aliphatic carbocycles. The maximum Gasteiger partial charge on any atom is 1.00 e. The molecule has 5 atom stereocenters. The first-order chi connectivity index (χ1) is 11.8. The molecule has 0 spiro atoms. The van der Waals surface area contributed by atoms with Gasteiger partial charge in [-0.05, 0) is 38.5 Å². The van der Waals surface area contributed by atoms with Crippen LogP contribution in [0, 0.1) is 34.5 Å². The zero-order chi connectivity index (χ0) is 17.2. The van der Waals surface area contributed by atoms with Crippen LogP contribution in [0.2, 0.25) is 0 Å². The summed E-state index contributed by atoms with van der Waals surface area (Å²) in [4.78, 5) is 5.07. The number of hydrogen-bond acceptors (Lipinski definition) is 10. The third-order valence-electron chi connectivity index (χ3n) is 4.39. The maximum absolute atomic E-state index is 9.86. The monoisotopic (exact) mass is 397 g/mol. The zero-order valence-corrected chi connectivity index (χ0v) is 17.7. The molecule has 11 heteroatoms. The van der Waals surface area contributed by atoms with E-state index in [1.807, 2.05) is 0 Å². The second kappa shape index (κ2) is 13.6. The Bertz CT molecular complexity index is 465. The predicted molar refractivity (Wildman–Crippen MR) is 84.5 cm³/mol. The number of rotatable bonds is 8. The van der Waals surface area contributed by atoms with Gasteiger partial charge in [0.05, 0.1) is 24.0 Å². The molecule has 134 valence electrons. The summed E-state index contributed by atoms with van der Waals surface area (Å²) < 4.78 is 9.53. The Labute approximate surface area is 178 Å². The fraction of sp³-hybridized carbons (Fsp3) is 0.857. The number of nitrogens with zero attached hydrogens (tertiary/aromatic N) is 2. The Morgan fingerprint density at radius 3 is 2.36 bits per heavy atom. The predicted octanol–water partition coefficient (Wildman–Crippen LogP) is -0.894. The van der Waals surface area contributed by atoms with Gasteiger partial charge in [-0.15, -0.1) is 9.32 Å². The van der Waals surface area contributed by atoms with Gasteiger partial charge in [0, 0.05) is 40.6 Å². The van der Waals surface area contributed by atoms with E-state index in [1.54, 1.807) is 0 Å². The fourth-order valence-corrected chi connectivity index (χ4v) is 4.52. The van der Waals surface area contributed by atoms with Crippen molar-refractivity contribution in [1.29, 1.82) is 10.5 Å². The molecule has 5 unspecified atom stereocenters. The van der Waals surface area contributed by atoms with Crippen LogP contribution in [-0.2, 0) is 18.7 Å². The van der Waals surface area contributed by atoms with Crippen LogP contribution in [-0.4, -0.2) is 16.5 Å². The van der Waals surface area contributed by atoms with Crippen LogP contribution in [0.4, 0.5) is 0 Å². The van der Waals surface area contributed by atoms with Crippen molar-refractivity contribution in [3.8, 4) is 12.1 Å². The summed E-state index contributed by atoms with van der Waals surface area (Å²) in [5.74, 6) is -0.417. The van der Waals surface area contributed by atoms with Crippen molar-refractivity contribution in [3.05, 3.63) is 0 Å². The quantitative estimate of drug-likeness (QED) is 0.181. The molecular weight excluding hydrogens is 377 g/mol. The molecule has 0 saturated heterocycles. The Kier molecular flexibility index (Phi) is 12.8. The third-order valence-corrected chi connectivity index (χ3v) is 6.07. The van der Waals surface area contributed by atoms with E-state index in [0.29, 0.717) is 12.8 Å². The second-order valence-electron chi connectivity index (χ2n) is 5.99. The van der Waals surface area contributed by atoms with Crippen molar-refractivity contribution in [2.24, 2.45) is 11.8 Å². The van der Waals surface area contributed by atoms with E-state index in [4.69, 9.17) is 19.8 Å². The molecule has 1 N–H and O–H groups in total. The van der Waals surface area contributed by atoms with Crippen LogP contribution in [0.15, 0.2) is 0 Å². The van der Waals surface area contributed by atoms with E-state index in [-0.39, 0.29) is 57.9 Å². The standard InChI is InChI=1S/C14H21N3O5S2.Na/c15-8-10-4-5-14(6-11(10)9-16)23-21-19-17-12-2-1-3-13(7-12)24-22-20-18;/h10-14,17-18H,1-7H2;/q;+1/p-1. The van der Waals surface area contributed by atoms with Crippen molar-refractivity contribution in [1.82, 2.24) is 5.48 Å². The van der Waals surface area contributed by atoms with Gasteiger partial charge in [-0.3, -0.25) is 5.04 Å². The van der Waals surface area contributed by atoms with E-state index >= 15 is 0 Å². The first-order valence-electron chi connectivity index (χ1n) is 7.92. The van der Waals surface area contributed by atoms with Gasteiger partial charge in [0.25, 0.3) is 0 Å². The molecule has 0 aromatic rings. The van der Waals surface area contributed by atoms with Crippen molar-refractivity contribution in [3.63, 3.8) is 0 Å². The van der Waals surface area contributed by atoms with E-state index < -0.39 is 0 Å². The van der Waals surface area contributed by atoms with Crippen LogP contribution in [0.3, 0.4) is 0 Å². The van der Waals surface area contributed by atoms with E-state index in [9.17, 15) is 5.26 Å². The van der Waals surface area contributed by atoms with Crippen molar-refractivity contribution < 1.29 is 53.5 Å². The smallest absolute Gasteiger partial charge is 0.691 e. The normalized spacial score (nSPS) is 32.2. The van der Waals surface area contributed by atoms with Crippen molar-refractivity contribution >= 4 is 24.1 Å². The molecule has 0 aromatic carbocycles. The first kappa shape index (κ1) is 23.5. The molecule has 8 nitrogen and oxygen atoms in total. The van der Waals surface area contributed by atoms with Crippen LogP contribution < -0.4 is 40.3 Å². The fourth-order valence-electron chi connectivity index (χ4n) is 3.09. The third kappa shape index (κ3) is 8.33. The molecule has 0 aliphatic heterocycles. The largest absolute Gasteiger partial charge is 1.00 e. The molecule has 2 fully saturated rings. The number of hydroxylamine groups is 1. The first-order valence-corrected chi connectivity index (χ1v) is 9.53. The number of nitrogens with one attached hydrogen (secondary N) is 1. The molecule has 0 amide bonds. The van der Waals surface area contributed by atoms with Gasteiger partial charge in [-0.2, -0.15) is 20.3 Å². The Morgan fingerprint density at radius 2 is 1.64 bits per heavy atom. The van der Waals surface area contributed by atoms with Crippen LogP contribution >= 0.6 is 24.1 Å². The molecule has 2 aliphatic rings. The molecule has 2 saturated carbocycles. The molecule has 0 aromatic heterocycles. The van der Waals surface area contributed by atoms with Crippen molar-refractivity contribution in [2.45, 2.75) is 61.5 Å². The summed E-state index contributed by atoms with van der Waals surface area (Å²) in [6, 6.07) is 4.52. The summed E-state index contributed by atoms with van der Waals surface area (Å²) in [7, 11) is 0. The van der Waals surface area contributed by atoms with E-state index in [1.165, 1.54) is 12.0 Å². The van der Waals surface area contributed by atoms with E-state index in [0.717, 1.165) is 44.1 Å². The molecule has 2 rings (SSSR count). The van der Waals surface area contributed by atoms with Crippen molar-refractivity contribution in [2.75, 3.05) is 0 Å². The molecule has 0 radical (unpaired) electrons. The minimum absolute atomic E-state index is 0. The molecular formula is C14H20N3NaO5S2. The SMILES string of the molecule is N#CC1CCC(SOONC2CCCC(SOO[O-])C2)CC1C#N.[Na+]. The Balaban J connectivity index is 0.00000312. The second-order valence-corrected chi connectivity index (χ2v) is 7.98. The summed E-state index contributed by atoms with van der Waals surface area (Å²) in [6.45, 7) is 0. The van der Waals surface area contributed by atoms with Crippen LogP contribution in [0.1, 0.15) is 44.9 Å². The van der Waals surface area contributed by atoms with Gasteiger partial charge in [0.2, 0.25) is 0 Å². The molecule has 0 bridgehead atoms. The van der Waals surface area contributed by atoms with Crippen LogP contribution in [0.5, 0.6) is 0 Å². The summed E-state index contributed by atoms with van der Waals surface area (Å²) in [5.41, 5.74) is 2.86. The van der Waals surface area contributed by atoms with Gasteiger partial charge < -0.3 is 5.26 Å². The molecule has 0 heterocycles. The average molecular weight is 397 g/mol. The Morgan fingerprint density at radius 1 is 0.920 bits per heavy atom. The Hall–Kier alpha value is 0.440. The minimum Gasteiger partial charge on any atom is -0.691 e. The zero-order valence-electron chi connectivity index (χ0n) is 14.1. The van der Waals surface area contributed by atoms with Gasteiger partial charge in [0.15, 0.2) is 0 Å². The van der Waals surface area contributed by atoms with Gasteiger partial charge in [-0.1, -0.05) is 6.42 Å². The van der Waals surface area contributed by atoms with Gasteiger partial charge >= 0.3 is 29.6 Å². The summed E-state index contributed by atoms with van der Waals surface area (Å²) >= 11 is 2.23. The average Bonchev–Trinajstić information content (AvgIpc) is 2.63. The van der Waals surface area contributed by atoms with Gasteiger partial charge in [0.1, 0.15) is 0 Å². The van der Waals surface area contributed by atoms with Gasteiger partial charge in [-0.25, -0.2) is 0 Å². The van der Waals surface area contributed by atoms with Crippen LogP contribution in [0.25, 0.3) is 0 Å². The number of hydrogen-bond donors (Lipinski definition) is 1. The molecule has 25 heavy (non-hydrogen) atoms. The minimum atomic E-state index is -0.239. The van der Waals surface area contributed by atoms with E-state index in [2.05, 4.69) is 27.0 Å². The summed E-state index contributed by atoms with van der Waals surface area (Å²) in [5, 5.41) is 31.7. The summed E-state index contributed by atoms with van der Waals surface area (Å²) in [6.07, 6.45) is 5.87. The number of nitriles is 2. The topological polar surface area (TPSA) is 120 Å².